The molecule has 0 radical (unpaired) electrons. The molecule has 0 aromatic heterocycles. The van der Waals surface area contributed by atoms with Crippen LogP contribution >= 0.6 is 0 Å². The van der Waals surface area contributed by atoms with Crippen LogP contribution in [0.25, 0.3) is 5.57 Å². The molecule has 2 aromatic carbocycles. The van der Waals surface area contributed by atoms with Gasteiger partial charge in [-0.05, 0) is 49.0 Å². The van der Waals surface area contributed by atoms with Crippen molar-refractivity contribution in [1.82, 2.24) is 9.80 Å². The Balaban J connectivity index is 1.60. The number of hydrogen-bond acceptors (Lipinski definition) is 6. The number of methoxy groups -OCH3 is 1. The van der Waals surface area contributed by atoms with Crippen molar-refractivity contribution < 1.29 is 18.7 Å². The topological polar surface area (TPSA) is 65.1 Å². The van der Waals surface area contributed by atoms with Crippen LogP contribution in [0.2, 0.25) is 0 Å². The van der Waals surface area contributed by atoms with Crippen molar-refractivity contribution in [2.75, 3.05) is 63.7 Å². The first kappa shape index (κ1) is 22.0. The molecular formula is C24H27FN4O3. The van der Waals surface area contributed by atoms with Gasteiger partial charge in [-0.15, -0.1) is 0 Å². The zero-order valence-electron chi connectivity index (χ0n) is 18.3. The number of likely N-dealkylation sites (N-methyl/N-ethyl adjacent to an activating group) is 1. The van der Waals surface area contributed by atoms with Gasteiger partial charge in [0.1, 0.15) is 11.5 Å². The van der Waals surface area contributed by atoms with Gasteiger partial charge in [0.05, 0.1) is 18.7 Å². The summed E-state index contributed by atoms with van der Waals surface area (Å²) in [6, 6.07) is 13.4. The molecule has 0 aliphatic carbocycles. The number of nitrogens with one attached hydrogen (secondary N) is 1. The van der Waals surface area contributed by atoms with Gasteiger partial charge in [0.2, 0.25) is 0 Å². The Morgan fingerprint density at radius 2 is 1.59 bits per heavy atom. The van der Waals surface area contributed by atoms with Crippen molar-refractivity contribution in [3.05, 3.63) is 65.6 Å². The SMILES string of the molecule is COCCN1C(=O)C(Nc2ccc(N3CCN(C)CC3)cc2)=C(c2ccc(F)cc2)C1=O. The fourth-order valence-electron chi connectivity index (χ4n) is 3.93. The monoisotopic (exact) mass is 438 g/mol. The van der Waals surface area contributed by atoms with E-state index in [9.17, 15) is 14.0 Å². The fourth-order valence-corrected chi connectivity index (χ4v) is 3.93. The van der Waals surface area contributed by atoms with Crippen molar-refractivity contribution >= 4 is 28.8 Å². The number of nitrogens with zero attached hydrogens (tertiary/aromatic N) is 3. The smallest absolute Gasteiger partial charge is 0.278 e. The predicted octanol–water partition coefficient (Wildman–Crippen LogP) is 2.42. The minimum absolute atomic E-state index is 0.145. The molecule has 168 valence electrons. The molecule has 2 aromatic rings. The second-order valence-electron chi connectivity index (χ2n) is 7.97. The van der Waals surface area contributed by atoms with Gasteiger partial charge in [0.15, 0.2) is 0 Å². The summed E-state index contributed by atoms with van der Waals surface area (Å²) >= 11 is 0. The number of carbonyl (C=O) groups excluding carboxylic acids is 2. The van der Waals surface area contributed by atoms with Crippen LogP contribution in [-0.4, -0.2) is 75.1 Å². The van der Waals surface area contributed by atoms with Gasteiger partial charge < -0.3 is 19.9 Å². The highest BCUT2D eigenvalue weighted by Gasteiger charge is 2.39. The molecule has 2 amide bonds. The van der Waals surface area contributed by atoms with E-state index in [2.05, 4.69) is 22.2 Å². The third-order valence-corrected chi connectivity index (χ3v) is 5.83. The summed E-state index contributed by atoms with van der Waals surface area (Å²) in [5, 5.41) is 3.13. The molecule has 0 spiro atoms. The fraction of sp³-hybridized carbons (Fsp3) is 0.333. The molecule has 1 fully saturated rings. The predicted molar refractivity (Wildman–Crippen MR) is 122 cm³/mol. The summed E-state index contributed by atoms with van der Waals surface area (Å²) in [7, 11) is 3.63. The average molecular weight is 439 g/mol. The molecular weight excluding hydrogens is 411 g/mol. The Hall–Kier alpha value is -3.23. The molecule has 2 aliphatic heterocycles. The lowest BCUT2D eigenvalue weighted by molar-refractivity contribution is -0.137. The van der Waals surface area contributed by atoms with Crippen molar-refractivity contribution in [1.29, 1.82) is 0 Å². The van der Waals surface area contributed by atoms with Crippen LogP contribution in [0, 0.1) is 5.82 Å². The van der Waals surface area contributed by atoms with E-state index in [1.807, 2.05) is 24.3 Å². The Morgan fingerprint density at radius 3 is 2.22 bits per heavy atom. The third kappa shape index (κ3) is 4.51. The van der Waals surface area contributed by atoms with E-state index in [4.69, 9.17) is 4.74 Å². The lowest BCUT2D eigenvalue weighted by Crippen LogP contribution is -2.44. The van der Waals surface area contributed by atoms with Gasteiger partial charge in [-0.2, -0.15) is 0 Å². The second-order valence-corrected chi connectivity index (χ2v) is 7.97. The number of piperazine rings is 1. The second kappa shape index (κ2) is 9.50. The molecule has 0 unspecified atom stereocenters. The number of rotatable bonds is 7. The standard InChI is InChI=1S/C24H27FN4O3/c1-27-11-13-28(14-12-27)20-9-7-19(8-10-20)26-22-21(17-3-5-18(25)6-4-17)23(30)29(24(22)31)15-16-32-2/h3-10,26H,11-16H2,1-2H3. The minimum atomic E-state index is -0.422. The van der Waals surface area contributed by atoms with Gasteiger partial charge in [0, 0.05) is 44.7 Å². The summed E-state index contributed by atoms with van der Waals surface area (Å²) in [6.45, 7) is 4.34. The van der Waals surface area contributed by atoms with E-state index < -0.39 is 17.6 Å². The lowest BCUT2D eigenvalue weighted by atomic mass is 10.0. The normalized spacial score (nSPS) is 17.5. The number of carbonyl (C=O) groups is 2. The van der Waals surface area contributed by atoms with Crippen LogP contribution in [0.5, 0.6) is 0 Å². The number of anilines is 2. The molecule has 7 nitrogen and oxygen atoms in total. The van der Waals surface area contributed by atoms with E-state index in [-0.39, 0.29) is 24.4 Å². The molecule has 32 heavy (non-hydrogen) atoms. The Labute approximate surface area is 187 Å². The Bertz CT molecular complexity index is 1010. The molecule has 0 atom stereocenters. The molecule has 2 aliphatic rings. The highest BCUT2D eigenvalue weighted by molar-refractivity contribution is 6.36. The molecule has 1 saturated heterocycles. The van der Waals surface area contributed by atoms with Crippen molar-refractivity contribution in [3.8, 4) is 0 Å². The largest absolute Gasteiger partial charge is 0.383 e. The Kier molecular flexibility index (Phi) is 6.53. The molecule has 0 saturated carbocycles. The summed E-state index contributed by atoms with van der Waals surface area (Å²) in [4.78, 5) is 31.9. The zero-order valence-corrected chi connectivity index (χ0v) is 18.3. The van der Waals surface area contributed by atoms with Crippen LogP contribution in [0.3, 0.4) is 0 Å². The van der Waals surface area contributed by atoms with Crippen molar-refractivity contribution in [2.24, 2.45) is 0 Å². The summed E-state index contributed by atoms with van der Waals surface area (Å²) in [6.07, 6.45) is 0. The number of halogens is 1. The maximum absolute atomic E-state index is 13.4. The minimum Gasteiger partial charge on any atom is -0.383 e. The van der Waals surface area contributed by atoms with Gasteiger partial charge in [-0.25, -0.2) is 4.39 Å². The van der Waals surface area contributed by atoms with Gasteiger partial charge in [-0.3, -0.25) is 14.5 Å². The van der Waals surface area contributed by atoms with Gasteiger partial charge in [0.25, 0.3) is 11.8 Å². The van der Waals surface area contributed by atoms with Crippen LogP contribution in [0.15, 0.2) is 54.2 Å². The van der Waals surface area contributed by atoms with Gasteiger partial charge >= 0.3 is 0 Å². The van der Waals surface area contributed by atoms with E-state index in [0.717, 1.165) is 36.8 Å². The van der Waals surface area contributed by atoms with Gasteiger partial charge in [-0.1, -0.05) is 12.1 Å². The van der Waals surface area contributed by atoms with Crippen LogP contribution < -0.4 is 10.2 Å². The highest BCUT2D eigenvalue weighted by Crippen LogP contribution is 2.31. The van der Waals surface area contributed by atoms with Crippen molar-refractivity contribution in [3.63, 3.8) is 0 Å². The van der Waals surface area contributed by atoms with Crippen molar-refractivity contribution in [2.45, 2.75) is 0 Å². The quantitative estimate of drug-likeness (QED) is 0.670. The number of amides is 2. The zero-order chi connectivity index (χ0) is 22.7. The number of benzene rings is 2. The number of imide groups is 1. The molecule has 0 bridgehead atoms. The maximum atomic E-state index is 13.4. The van der Waals surface area contributed by atoms with Crippen LogP contribution in [-0.2, 0) is 14.3 Å². The van der Waals surface area contributed by atoms with Crippen LogP contribution in [0.4, 0.5) is 15.8 Å². The molecule has 1 N–H and O–H groups in total. The Morgan fingerprint density at radius 1 is 0.938 bits per heavy atom. The summed E-state index contributed by atoms with van der Waals surface area (Å²) in [5.41, 5.74) is 2.72. The first-order valence-corrected chi connectivity index (χ1v) is 10.6. The molecule has 4 rings (SSSR count). The molecule has 2 heterocycles. The lowest BCUT2D eigenvalue weighted by Gasteiger charge is -2.34. The van der Waals surface area contributed by atoms with E-state index in [0.29, 0.717) is 11.3 Å². The maximum Gasteiger partial charge on any atom is 0.278 e. The highest BCUT2D eigenvalue weighted by atomic mass is 19.1. The molecule has 8 heteroatoms. The third-order valence-electron chi connectivity index (χ3n) is 5.83. The van der Waals surface area contributed by atoms with E-state index >= 15 is 0 Å². The van der Waals surface area contributed by atoms with E-state index in [1.165, 1.54) is 31.4 Å². The van der Waals surface area contributed by atoms with Crippen LogP contribution in [0.1, 0.15) is 5.56 Å². The van der Waals surface area contributed by atoms with E-state index in [1.54, 1.807) is 0 Å². The first-order valence-electron chi connectivity index (χ1n) is 10.6. The first-order chi connectivity index (χ1) is 15.5. The number of ether oxygens (including phenoxy) is 1. The average Bonchev–Trinajstić information content (AvgIpc) is 3.03. The summed E-state index contributed by atoms with van der Waals surface area (Å²) in [5.74, 6) is -1.25. The number of hydrogen-bond donors (Lipinski definition) is 1. The summed E-state index contributed by atoms with van der Waals surface area (Å²) < 4.78 is 18.5.